The largest absolute Gasteiger partial charge is 0.539 e. The molecular formula is C25H18N6O4S. The number of aromatic nitrogens is 3. The van der Waals surface area contributed by atoms with Gasteiger partial charge in [0, 0.05) is 17.7 Å². The number of nitrogens with two attached hydrogens (primary N) is 1. The molecule has 2 aromatic carbocycles. The molecule has 0 fully saturated rings. The molecule has 0 aliphatic heterocycles. The van der Waals surface area contributed by atoms with Crippen LogP contribution in [0.2, 0.25) is 0 Å². The summed E-state index contributed by atoms with van der Waals surface area (Å²) in [5.41, 5.74) is 8.33. The molecule has 0 amide bonds. The molecule has 11 heteroatoms. The van der Waals surface area contributed by atoms with Gasteiger partial charge in [-0.1, -0.05) is 41.6 Å². The number of anilines is 1. The van der Waals surface area contributed by atoms with Gasteiger partial charge in [-0.3, -0.25) is 4.79 Å². The number of benzene rings is 2. The van der Waals surface area contributed by atoms with E-state index < -0.39 is 11.7 Å². The molecule has 2 N–H and O–H groups in total. The van der Waals surface area contributed by atoms with Crippen LogP contribution in [-0.2, 0) is 0 Å². The quantitative estimate of drug-likeness (QED) is 0.227. The number of hydrogen-bond donors (Lipinski definition) is 1. The van der Waals surface area contributed by atoms with E-state index >= 15 is 0 Å². The van der Waals surface area contributed by atoms with Crippen LogP contribution in [0, 0.1) is 29.6 Å². The molecule has 0 spiro atoms. The van der Waals surface area contributed by atoms with Crippen molar-refractivity contribution in [3.05, 3.63) is 70.9 Å². The molecule has 2 aromatic heterocycles. The van der Waals surface area contributed by atoms with Gasteiger partial charge in [0.25, 0.3) is 0 Å². The molecule has 0 radical (unpaired) electrons. The lowest BCUT2D eigenvalue weighted by atomic mass is 9.96. The van der Waals surface area contributed by atoms with Crippen molar-refractivity contribution in [3.63, 3.8) is 0 Å². The lowest BCUT2D eigenvalue weighted by molar-refractivity contribution is -0.672. The molecule has 4 aromatic rings. The molecular weight excluding hydrogens is 480 g/mol. The number of ketones is 1. The summed E-state index contributed by atoms with van der Waals surface area (Å²) in [6.45, 7) is 1.92. The molecule has 10 nitrogen and oxygen atoms in total. The van der Waals surface area contributed by atoms with E-state index in [2.05, 4.69) is 16.3 Å². The van der Waals surface area contributed by atoms with E-state index in [4.69, 9.17) is 15.0 Å². The van der Waals surface area contributed by atoms with E-state index in [1.54, 1.807) is 36.4 Å². The van der Waals surface area contributed by atoms with Crippen LogP contribution in [0.15, 0.2) is 58.1 Å². The monoisotopic (exact) mass is 498 g/mol. The Labute approximate surface area is 210 Å². The van der Waals surface area contributed by atoms with Gasteiger partial charge in [-0.15, -0.1) is 0 Å². The van der Waals surface area contributed by atoms with Crippen molar-refractivity contribution in [2.24, 2.45) is 0 Å². The van der Waals surface area contributed by atoms with Gasteiger partial charge in [0.2, 0.25) is 11.5 Å². The molecule has 0 saturated carbocycles. The highest BCUT2D eigenvalue weighted by Crippen LogP contribution is 2.36. The molecule has 4 rings (SSSR count). The van der Waals surface area contributed by atoms with E-state index in [1.165, 1.54) is 7.11 Å². The van der Waals surface area contributed by atoms with E-state index in [9.17, 15) is 20.4 Å². The zero-order valence-electron chi connectivity index (χ0n) is 19.2. The minimum absolute atomic E-state index is 0.0650. The van der Waals surface area contributed by atoms with Crippen molar-refractivity contribution >= 4 is 23.4 Å². The van der Waals surface area contributed by atoms with Crippen LogP contribution in [0.4, 0.5) is 5.82 Å². The summed E-state index contributed by atoms with van der Waals surface area (Å²) >= 11 is 0.928. The fourth-order valence-electron chi connectivity index (χ4n) is 3.49. The molecule has 0 atom stereocenters. The number of carbonyl (C=O) groups is 1. The number of ether oxygens (including phenoxy) is 1. The predicted octanol–water partition coefficient (Wildman–Crippen LogP) is 2.70. The maximum absolute atomic E-state index is 13.1. The van der Waals surface area contributed by atoms with Crippen LogP contribution >= 0.6 is 11.8 Å². The number of thioether (sulfide) groups is 1. The topological polar surface area (TPSA) is 166 Å². The minimum Gasteiger partial charge on any atom is -0.539 e. The Bertz CT molecular complexity index is 1530. The number of carbonyl (C=O) groups excluding carboxylic acids is 1. The number of nitriles is 2. The highest BCUT2D eigenvalue weighted by atomic mass is 32.2. The van der Waals surface area contributed by atoms with E-state index in [-0.39, 0.29) is 33.4 Å². The first-order valence-electron chi connectivity index (χ1n) is 10.5. The fraction of sp³-hybridized carbons (Fsp3) is 0.120. The molecule has 0 unspecified atom stereocenters. The normalized spacial score (nSPS) is 10.4. The number of pyridine rings is 1. The summed E-state index contributed by atoms with van der Waals surface area (Å²) in [7, 11) is 1.52. The first-order valence-corrected chi connectivity index (χ1v) is 11.5. The van der Waals surface area contributed by atoms with Crippen molar-refractivity contribution < 1.29 is 23.8 Å². The van der Waals surface area contributed by atoms with Gasteiger partial charge in [-0.05, 0) is 29.3 Å². The summed E-state index contributed by atoms with van der Waals surface area (Å²) in [6.07, 6.45) is 0. The molecule has 2 heterocycles. The third-order valence-corrected chi connectivity index (χ3v) is 6.26. The van der Waals surface area contributed by atoms with Crippen LogP contribution in [0.1, 0.15) is 27.2 Å². The molecule has 0 aliphatic carbocycles. The fourth-order valence-corrected chi connectivity index (χ4v) is 4.35. The number of hydrogen-bond acceptors (Lipinski definition) is 10. The zero-order valence-corrected chi connectivity index (χ0v) is 20.0. The number of Topliss-reactive ketones (excluding diaryl/α,β-unsaturated/α-hetero) is 1. The summed E-state index contributed by atoms with van der Waals surface area (Å²) in [6, 6.07) is 17.9. The van der Waals surface area contributed by atoms with Gasteiger partial charge in [-0.25, -0.2) is 4.98 Å². The standard InChI is InChI=1S/C25H18N6O4S/c1-14-3-5-15(6-4-14)21-18(11-26)23(28)29-24(19(21)12-27)36-13-20(32)22-25(33)35-30-31(22)16-7-9-17(34-2)10-8-16/h3-10H,13H2,1-2H3,(H2-,28,29,30,32,33). The first-order chi connectivity index (χ1) is 17.4. The van der Waals surface area contributed by atoms with Gasteiger partial charge >= 0.3 is 5.69 Å². The molecule has 0 bridgehead atoms. The SMILES string of the molecule is COc1ccc(-[n+]2noc([O-])c2C(=O)CSc2nc(N)c(C#N)c(-c3ccc(C)cc3)c2C#N)cc1. The second-order valence-corrected chi connectivity index (χ2v) is 8.51. The third kappa shape index (κ3) is 4.56. The van der Waals surface area contributed by atoms with E-state index in [0.717, 1.165) is 22.0 Å². The van der Waals surface area contributed by atoms with Crippen molar-refractivity contribution in [3.8, 4) is 40.6 Å². The van der Waals surface area contributed by atoms with Crippen LogP contribution in [0.3, 0.4) is 0 Å². The summed E-state index contributed by atoms with van der Waals surface area (Å²) in [4.78, 5) is 17.3. The maximum atomic E-state index is 13.1. The molecule has 36 heavy (non-hydrogen) atoms. The van der Waals surface area contributed by atoms with Gasteiger partial charge < -0.3 is 20.1 Å². The van der Waals surface area contributed by atoms with E-state index in [1.807, 2.05) is 25.1 Å². The average Bonchev–Trinajstić information content (AvgIpc) is 3.28. The smallest absolute Gasteiger partial charge is 0.307 e. The predicted molar refractivity (Wildman–Crippen MR) is 127 cm³/mol. The van der Waals surface area contributed by atoms with Crippen molar-refractivity contribution in [2.75, 3.05) is 18.6 Å². The number of nitrogen functional groups attached to an aromatic ring is 1. The lowest BCUT2D eigenvalue weighted by Crippen LogP contribution is -2.39. The van der Waals surface area contributed by atoms with Crippen LogP contribution in [-0.4, -0.2) is 28.9 Å². The second kappa shape index (κ2) is 10.2. The zero-order chi connectivity index (χ0) is 25.8. The van der Waals surface area contributed by atoms with Gasteiger partial charge in [0.1, 0.15) is 34.3 Å². The highest BCUT2D eigenvalue weighted by molar-refractivity contribution is 8.00. The van der Waals surface area contributed by atoms with Crippen molar-refractivity contribution in [1.29, 1.82) is 10.5 Å². The van der Waals surface area contributed by atoms with Crippen LogP contribution in [0.25, 0.3) is 16.8 Å². The maximum Gasteiger partial charge on any atom is 0.307 e. The molecule has 0 aliphatic rings. The lowest BCUT2D eigenvalue weighted by Gasteiger charge is -2.13. The Balaban J connectivity index is 1.68. The second-order valence-electron chi connectivity index (χ2n) is 7.55. The van der Waals surface area contributed by atoms with Gasteiger partial charge in [-0.2, -0.15) is 10.5 Å². The minimum atomic E-state index is -0.899. The summed E-state index contributed by atoms with van der Waals surface area (Å²) in [5.74, 6) is -1.22. The third-order valence-electron chi connectivity index (χ3n) is 5.29. The average molecular weight is 499 g/mol. The van der Waals surface area contributed by atoms with E-state index in [0.29, 0.717) is 22.6 Å². The molecule has 178 valence electrons. The Morgan fingerprint density at radius 2 is 1.81 bits per heavy atom. The van der Waals surface area contributed by atoms with Crippen molar-refractivity contribution in [2.45, 2.75) is 11.9 Å². The summed E-state index contributed by atoms with van der Waals surface area (Å²) < 4.78 is 11.0. The van der Waals surface area contributed by atoms with Crippen LogP contribution < -0.4 is 20.3 Å². The Morgan fingerprint density at radius 1 is 1.14 bits per heavy atom. The summed E-state index contributed by atoms with van der Waals surface area (Å²) in [5, 5.41) is 35.7. The Hall–Kier alpha value is -4.87. The first kappa shape index (κ1) is 24.3. The highest BCUT2D eigenvalue weighted by Gasteiger charge is 2.29. The Kier molecular flexibility index (Phi) is 6.86. The molecule has 0 saturated heterocycles. The van der Waals surface area contributed by atoms with Gasteiger partial charge in [0.05, 0.1) is 23.7 Å². The number of rotatable bonds is 7. The Morgan fingerprint density at radius 3 is 2.42 bits per heavy atom. The van der Waals surface area contributed by atoms with Gasteiger partial charge in [0.15, 0.2) is 5.95 Å². The number of methoxy groups -OCH3 is 1. The number of aryl methyl sites for hydroxylation is 1. The van der Waals surface area contributed by atoms with Crippen LogP contribution in [0.5, 0.6) is 11.7 Å². The van der Waals surface area contributed by atoms with Crippen molar-refractivity contribution in [1.82, 2.24) is 10.3 Å². The number of nitrogens with zero attached hydrogens (tertiary/aromatic N) is 5.